The Kier molecular flexibility index (Phi) is 4.85. The van der Waals surface area contributed by atoms with E-state index in [2.05, 4.69) is 10.4 Å². The van der Waals surface area contributed by atoms with Crippen molar-refractivity contribution in [2.24, 2.45) is 7.05 Å². The molecule has 1 atom stereocenters. The van der Waals surface area contributed by atoms with Gasteiger partial charge in [0.1, 0.15) is 5.69 Å². The van der Waals surface area contributed by atoms with Gasteiger partial charge in [0.15, 0.2) is 11.5 Å². The van der Waals surface area contributed by atoms with Gasteiger partial charge in [-0.15, -0.1) is 11.3 Å². The third-order valence-corrected chi connectivity index (χ3v) is 5.47. The number of hydrogen-bond donors (Lipinski definition) is 1. The minimum Gasteiger partial charge on any atom is -0.490 e. The van der Waals surface area contributed by atoms with Crippen LogP contribution in [0, 0.1) is 0 Å². The third kappa shape index (κ3) is 3.68. The zero-order valence-electron chi connectivity index (χ0n) is 15.3. The molecule has 0 bridgehead atoms. The number of thiophene rings is 1. The second kappa shape index (κ2) is 7.44. The molecule has 0 aliphatic carbocycles. The maximum atomic E-state index is 12.9. The van der Waals surface area contributed by atoms with Crippen LogP contribution in [0.3, 0.4) is 0 Å². The molecule has 1 unspecified atom stereocenters. The van der Waals surface area contributed by atoms with Gasteiger partial charge in [0.25, 0.3) is 5.91 Å². The minimum atomic E-state index is -0.147. The van der Waals surface area contributed by atoms with E-state index in [4.69, 9.17) is 9.47 Å². The molecule has 140 valence electrons. The lowest BCUT2D eigenvalue weighted by molar-refractivity contribution is 0.0941. The Balaban J connectivity index is 1.63. The van der Waals surface area contributed by atoms with Crippen molar-refractivity contribution in [1.82, 2.24) is 15.1 Å². The second-order valence-electron chi connectivity index (χ2n) is 6.49. The molecule has 0 saturated carbocycles. The number of carbonyl (C=O) groups is 1. The van der Waals surface area contributed by atoms with Crippen LogP contribution in [0.2, 0.25) is 0 Å². The van der Waals surface area contributed by atoms with E-state index in [-0.39, 0.29) is 11.9 Å². The highest BCUT2D eigenvalue weighted by molar-refractivity contribution is 7.10. The van der Waals surface area contributed by atoms with E-state index in [1.54, 1.807) is 22.2 Å². The molecule has 0 spiro atoms. The number of nitrogens with one attached hydrogen (secondary N) is 1. The van der Waals surface area contributed by atoms with Crippen LogP contribution in [0.4, 0.5) is 0 Å². The Bertz CT molecular complexity index is 950. The van der Waals surface area contributed by atoms with Gasteiger partial charge in [0.2, 0.25) is 0 Å². The molecule has 1 aromatic carbocycles. The van der Waals surface area contributed by atoms with Gasteiger partial charge in [-0.25, -0.2) is 0 Å². The van der Waals surface area contributed by atoms with Crippen LogP contribution in [-0.4, -0.2) is 28.9 Å². The number of ether oxygens (including phenoxy) is 2. The van der Waals surface area contributed by atoms with E-state index >= 15 is 0 Å². The summed E-state index contributed by atoms with van der Waals surface area (Å²) < 4.78 is 13.1. The lowest BCUT2D eigenvalue weighted by atomic mass is 10.1. The molecule has 1 amide bonds. The van der Waals surface area contributed by atoms with E-state index in [0.717, 1.165) is 22.6 Å². The average Bonchev–Trinajstić information content (AvgIpc) is 3.26. The van der Waals surface area contributed by atoms with Gasteiger partial charge in [0, 0.05) is 30.1 Å². The molecule has 2 aromatic heterocycles. The van der Waals surface area contributed by atoms with Crippen LogP contribution in [0.5, 0.6) is 11.5 Å². The van der Waals surface area contributed by atoms with E-state index in [1.165, 1.54) is 0 Å². The number of aromatic nitrogens is 2. The summed E-state index contributed by atoms with van der Waals surface area (Å²) in [7, 11) is 1.81. The molecular formula is C20H21N3O3S. The van der Waals surface area contributed by atoms with E-state index in [9.17, 15) is 4.79 Å². The predicted molar refractivity (Wildman–Crippen MR) is 104 cm³/mol. The molecule has 3 heterocycles. The third-order valence-electron chi connectivity index (χ3n) is 4.41. The lowest BCUT2D eigenvalue weighted by Crippen LogP contribution is -2.26. The van der Waals surface area contributed by atoms with Crippen molar-refractivity contribution >= 4 is 17.2 Å². The van der Waals surface area contributed by atoms with Crippen molar-refractivity contribution in [2.45, 2.75) is 19.4 Å². The maximum absolute atomic E-state index is 12.9. The highest BCUT2D eigenvalue weighted by Crippen LogP contribution is 2.35. The quantitative estimate of drug-likeness (QED) is 0.744. The summed E-state index contributed by atoms with van der Waals surface area (Å²) in [5.41, 5.74) is 1.99. The van der Waals surface area contributed by atoms with Crippen LogP contribution in [0.15, 0.2) is 41.9 Å². The fourth-order valence-electron chi connectivity index (χ4n) is 3.06. The van der Waals surface area contributed by atoms with Gasteiger partial charge in [-0.3, -0.25) is 9.48 Å². The minimum absolute atomic E-state index is 0.0608. The SMILES string of the molecule is CC(NC(=O)c1cn(C)nc1-c1ccc2c(c1)OCCCO2)c1cccs1. The van der Waals surface area contributed by atoms with Gasteiger partial charge >= 0.3 is 0 Å². The topological polar surface area (TPSA) is 65.4 Å². The van der Waals surface area contributed by atoms with Gasteiger partial charge in [-0.05, 0) is 36.6 Å². The fraction of sp³-hybridized carbons (Fsp3) is 0.300. The standard InChI is InChI=1S/C20H21N3O3S/c1-13(18-5-3-10-27-18)21-20(24)15-12-23(2)22-19(15)14-6-7-16-17(11-14)26-9-4-8-25-16/h3,5-7,10-13H,4,8-9H2,1-2H3,(H,21,24). The first kappa shape index (κ1) is 17.6. The molecule has 0 radical (unpaired) electrons. The monoisotopic (exact) mass is 383 g/mol. The summed E-state index contributed by atoms with van der Waals surface area (Å²) in [5, 5.41) is 9.57. The van der Waals surface area contributed by atoms with E-state index < -0.39 is 0 Å². The molecule has 4 rings (SSSR count). The van der Waals surface area contributed by atoms with Gasteiger partial charge in [-0.2, -0.15) is 5.10 Å². The fourth-order valence-corrected chi connectivity index (χ4v) is 3.80. The molecule has 1 N–H and O–H groups in total. The Morgan fingerprint density at radius 3 is 2.85 bits per heavy atom. The Labute approximate surface area is 161 Å². The van der Waals surface area contributed by atoms with Gasteiger partial charge in [-0.1, -0.05) is 6.07 Å². The number of nitrogens with zero attached hydrogens (tertiary/aromatic N) is 2. The molecule has 1 aliphatic heterocycles. The zero-order valence-corrected chi connectivity index (χ0v) is 16.1. The van der Waals surface area contributed by atoms with Crippen LogP contribution in [0.1, 0.15) is 34.6 Å². The van der Waals surface area contributed by atoms with Crippen molar-refractivity contribution < 1.29 is 14.3 Å². The molecule has 3 aromatic rings. The predicted octanol–water partition coefficient (Wildman–Crippen LogP) is 3.80. The number of rotatable bonds is 4. The normalized spacial score (nSPS) is 14.4. The molecule has 0 saturated heterocycles. The summed E-state index contributed by atoms with van der Waals surface area (Å²) in [6, 6.07) is 9.62. The Morgan fingerprint density at radius 2 is 2.07 bits per heavy atom. The van der Waals surface area contributed by atoms with Crippen LogP contribution >= 0.6 is 11.3 Å². The maximum Gasteiger partial charge on any atom is 0.255 e. The first-order chi connectivity index (χ1) is 13.1. The Hall–Kier alpha value is -2.80. The summed E-state index contributed by atoms with van der Waals surface area (Å²) >= 11 is 1.63. The smallest absolute Gasteiger partial charge is 0.255 e. The molecule has 0 fully saturated rings. The summed E-state index contributed by atoms with van der Waals surface area (Å²) in [5.74, 6) is 1.27. The second-order valence-corrected chi connectivity index (χ2v) is 7.47. The van der Waals surface area contributed by atoms with Crippen LogP contribution in [0.25, 0.3) is 11.3 Å². The van der Waals surface area contributed by atoms with Crippen molar-refractivity contribution in [3.05, 3.63) is 52.3 Å². The number of benzene rings is 1. The Morgan fingerprint density at radius 1 is 1.26 bits per heavy atom. The molecule has 7 heteroatoms. The summed E-state index contributed by atoms with van der Waals surface area (Å²) in [6.07, 6.45) is 2.59. The first-order valence-electron chi connectivity index (χ1n) is 8.90. The summed E-state index contributed by atoms with van der Waals surface area (Å²) in [6.45, 7) is 3.24. The number of amides is 1. The number of hydrogen-bond acceptors (Lipinski definition) is 5. The molecule has 6 nitrogen and oxygen atoms in total. The van der Waals surface area contributed by atoms with Crippen molar-refractivity contribution in [3.8, 4) is 22.8 Å². The highest BCUT2D eigenvalue weighted by atomic mass is 32.1. The molecule has 27 heavy (non-hydrogen) atoms. The van der Waals surface area contributed by atoms with Crippen LogP contribution < -0.4 is 14.8 Å². The van der Waals surface area contributed by atoms with Crippen LogP contribution in [-0.2, 0) is 7.05 Å². The average molecular weight is 383 g/mol. The molecular weight excluding hydrogens is 362 g/mol. The van der Waals surface area contributed by atoms with Gasteiger partial charge in [0.05, 0.1) is 24.8 Å². The zero-order chi connectivity index (χ0) is 18.8. The lowest BCUT2D eigenvalue weighted by Gasteiger charge is -2.13. The van der Waals surface area contributed by atoms with Gasteiger partial charge < -0.3 is 14.8 Å². The van der Waals surface area contributed by atoms with Crippen molar-refractivity contribution in [1.29, 1.82) is 0 Å². The molecule has 1 aliphatic rings. The number of fused-ring (bicyclic) bond motifs is 1. The van der Waals surface area contributed by atoms with Crippen molar-refractivity contribution in [3.63, 3.8) is 0 Å². The largest absolute Gasteiger partial charge is 0.490 e. The number of aryl methyl sites for hydroxylation is 1. The van der Waals surface area contributed by atoms with E-state index in [0.29, 0.717) is 30.2 Å². The van der Waals surface area contributed by atoms with E-state index in [1.807, 2.05) is 49.7 Å². The first-order valence-corrected chi connectivity index (χ1v) is 9.77. The number of carbonyl (C=O) groups excluding carboxylic acids is 1. The van der Waals surface area contributed by atoms with Crippen molar-refractivity contribution in [2.75, 3.05) is 13.2 Å². The summed E-state index contributed by atoms with van der Waals surface area (Å²) in [4.78, 5) is 14.0. The highest BCUT2D eigenvalue weighted by Gasteiger charge is 2.21.